The molecule has 0 radical (unpaired) electrons. The molecular weight excluding hydrogens is 348 g/mol. The van der Waals surface area contributed by atoms with Gasteiger partial charge >= 0.3 is 5.97 Å². The minimum Gasteiger partial charge on any atom is -0.462 e. The van der Waals surface area contributed by atoms with Crippen LogP contribution in [0.5, 0.6) is 0 Å². The molecule has 3 heterocycles. The first-order chi connectivity index (χ1) is 10.6. The van der Waals surface area contributed by atoms with E-state index in [0.717, 1.165) is 27.0 Å². The van der Waals surface area contributed by atoms with Crippen molar-refractivity contribution in [3.8, 4) is 0 Å². The summed E-state index contributed by atoms with van der Waals surface area (Å²) in [6, 6.07) is 5.66. The van der Waals surface area contributed by atoms with Gasteiger partial charge in [-0.25, -0.2) is 4.79 Å². The van der Waals surface area contributed by atoms with Crippen molar-refractivity contribution in [2.75, 3.05) is 11.9 Å². The predicted molar refractivity (Wildman–Crippen MR) is 85.4 cm³/mol. The second-order valence-electron chi connectivity index (χ2n) is 5.18. The van der Waals surface area contributed by atoms with E-state index in [4.69, 9.17) is 4.74 Å². The van der Waals surface area contributed by atoms with Gasteiger partial charge in [0.15, 0.2) is 0 Å². The highest BCUT2D eigenvalue weighted by Gasteiger charge is 2.27. The molecule has 0 fully saturated rings. The van der Waals surface area contributed by atoms with Gasteiger partial charge in [-0.3, -0.25) is 4.79 Å². The molecule has 0 saturated heterocycles. The number of carbonyl (C=O) groups excluding carboxylic acids is 2. The smallest absolute Gasteiger partial charge is 0.339 e. The van der Waals surface area contributed by atoms with E-state index in [1.807, 2.05) is 18.2 Å². The molecule has 0 unspecified atom stereocenters. The van der Waals surface area contributed by atoms with Crippen molar-refractivity contribution in [2.45, 2.75) is 6.42 Å². The topological polar surface area (TPSA) is 71.2 Å². The van der Waals surface area contributed by atoms with Crippen LogP contribution >= 0.6 is 15.9 Å². The van der Waals surface area contributed by atoms with Crippen LogP contribution in [0.4, 0.5) is 5.69 Å². The lowest BCUT2D eigenvalue weighted by Gasteiger charge is -2.12. The number of rotatable bonds is 1. The number of amides is 1. The molecular formula is C16H11BrN2O3. The first-order valence-electron chi connectivity index (χ1n) is 6.84. The average molecular weight is 359 g/mol. The van der Waals surface area contributed by atoms with E-state index in [1.54, 1.807) is 12.3 Å². The van der Waals surface area contributed by atoms with Crippen LogP contribution in [-0.2, 0) is 16.0 Å². The van der Waals surface area contributed by atoms with E-state index in [-0.39, 0.29) is 11.9 Å². The standard InChI is InChI=1S/C16H11BrN2O3/c17-8-1-2-9-11(15(20)19-14(9)5-8)6-13-10-3-4-22-16(21)12(10)7-18-13/h1-2,5-7,18H,3-4H2,(H,19,20). The van der Waals surface area contributed by atoms with Crippen LogP contribution in [0.3, 0.4) is 0 Å². The van der Waals surface area contributed by atoms with E-state index in [0.29, 0.717) is 24.2 Å². The maximum Gasteiger partial charge on any atom is 0.339 e. The second kappa shape index (κ2) is 4.84. The van der Waals surface area contributed by atoms with Crippen LogP contribution in [0, 0.1) is 0 Å². The molecule has 1 amide bonds. The molecule has 0 aliphatic carbocycles. The number of ether oxygens (including phenoxy) is 1. The molecule has 2 aromatic rings. The van der Waals surface area contributed by atoms with Gasteiger partial charge in [0.2, 0.25) is 0 Å². The molecule has 0 bridgehead atoms. The van der Waals surface area contributed by atoms with Crippen molar-refractivity contribution >= 4 is 45.1 Å². The van der Waals surface area contributed by atoms with Crippen molar-refractivity contribution in [1.82, 2.24) is 4.98 Å². The fourth-order valence-corrected chi connectivity index (χ4v) is 3.19. The largest absolute Gasteiger partial charge is 0.462 e. The number of fused-ring (bicyclic) bond motifs is 2. The maximum atomic E-state index is 12.2. The molecule has 4 rings (SSSR count). The van der Waals surface area contributed by atoms with Crippen LogP contribution < -0.4 is 5.32 Å². The van der Waals surface area contributed by atoms with Gasteiger partial charge in [-0.2, -0.15) is 0 Å². The summed E-state index contributed by atoms with van der Waals surface area (Å²) >= 11 is 3.39. The Morgan fingerprint density at radius 2 is 2.09 bits per heavy atom. The number of benzene rings is 1. The number of aromatic amines is 1. The zero-order chi connectivity index (χ0) is 15.3. The summed E-state index contributed by atoms with van der Waals surface area (Å²) in [4.78, 5) is 27.0. The number of H-pyrrole nitrogens is 1. The minimum atomic E-state index is -0.317. The van der Waals surface area contributed by atoms with Gasteiger partial charge in [0.05, 0.1) is 23.4 Å². The molecule has 0 atom stereocenters. The number of anilines is 1. The highest BCUT2D eigenvalue weighted by atomic mass is 79.9. The summed E-state index contributed by atoms with van der Waals surface area (Å²) in [6.07, 6.45) is 4.09. The first kappa shape index (κ1) is 13.3. The normalized spacial score (nSPS) is 18.0. The molecule has 110 valence electrons. The van der Waals surface area contributed by atoms with Crippen molar-refractivity contribution in [3.05, 3.63) is 51.3 Å². The van der Waals surface area contributed by atoms with Crippen LogP contribution in [0.1, 0.15) is 27.2 Å². The number of hydrogen-bond acceptors (Lipinski definition) is 3. The van der Waals surface area contributed by atoms with Gasteiger partial charge in [0.1, 0.15) is 0 Å². The second-order valence-corrected chi connectivity index (χ2v) is 6.10. The SMILES string of the molecule is O=C1Nc2cc(Br)ccc2C1=Cc1[nH]cc2c1CCOC2=O. The van der Waals surface area contributed by atoms with E-state index >= 15 is 0 Å². The zero-order valence-electron chi connectivity index (χ0n) is 11.4. The number of halogens is 1. The van der Waals surface area contributed by atoms with Gasteiger partial charge in [-0.15, -0.1) is 0 Å². The Bertz CT molecular complexity index is 851. The van der Waals surface area contributed by atoms with Crippen LogP contribution in [0.25, 0.3) is 11.6 Å². The van der Waals surface area contributed by atoms with E-state index < -0.39 is 0 Å². The molecule has 5 nitrogen and oxygen atoms in total. The van der Waals surface area contributed by atoms with Gasteiger partial charge in [-0.05, 0) is 23.8 Å². The van der Waals surface area contributed by atoms with Crippen LogP contribution in [-0.4, -0.2) is 23.5 Å². The highest BCUT2D eigenvalue weighted by molar-refractivity contribution is 9.10. The molecule has 2 aliphatic heterocycles. The number of nitrogens with one attached hydrogen (secondary N) is 2. The summed E-state index contributed by atoms with van der Waals surface area (Å²) in [5.41, 5.74) is 4.47. The number of carbonyl (C=O) groups is 2. The fourth-order valence-electron chi connectivity index (χ4n) is 2.83. The van der Waals surface area contributed by atoms with E-state index in [1.165, 1.54) is 0 Å². The third kappa shape index (κ3) is 1.99. The first-order valence-corrected chi connectivity index (χ1v) is 7.63. The maximum absolute atomic E-state index is 12.2. The van der Waals surface area contributed by atoms with Gasteiger partial charge in [0, 0.05) is 28.3 Å². The van der Waals surface area contributed by atoms with Crippen molar-refractivity contribution < 1.29 is 14.3 Å². The monoisotopic (exact) mass is 358 g/mol. The predicted octanol–water partition coefficient (Wildman–Crippen LogP) is 2.98. The molecule has 1 aromatic heterocycles. The lowest BCUT2D eigenvalue weighted by molar-refractivity contribution is -0.110. The third-order valence-corrected chi connectivity index (χ3v) is 4.37. The number of cyclic esters (lactones) is 1. The molecule has 2 N–H and O–H groups in total. The Labute approximate surface area is 134 Å². The minimum absolute atomic E-state index is 0.144. The Balaban J connectivity index is 1.82. The van der Waals surface area contributed by atoms with Gasteiger partial charge < -0.3 is 15.0 Å². The van der Waals surface area contributed by atoms with Crippen LogP contribution in [0.2, 0.25) is 0 Å². The Kier molecular flexibility index (Phi) is 2.94. The lowest BCUT2D eigenvalue weighted by atomic mass is 10.0. The van der Waals surface area contributed by atoms with E-state index in [2.05, 4.69) is 26.2 Å². The summed E-state index contributed by atoms with van der Waals surface area (Å²) < 4.78 is 5.92. The summed E-state index contributed by atoms with van der Waals surface area (Å²) in [6.45, 7) is 0.371. The zero-order valence-corrected chi connectivity index (χ0v) is 13.0. The lowest BCUT2D eigenvalue weighted by Crippen LogP contribution is -2.16. The van der Waals surface area contributed by atoms with Crippen molar-refractivity contribution in [3.63, 3.8) is 0 Å². The highest BCUT2D eigenvalue weighted by Crippen LogP contribution is 2.35. The summed E-state index contributed by atoms with van der Waals surface area (Å²) in [5, 5.41) is 2.85. The number of aromatic nitrogens is 1. The van der Waals surface area contributed by atoms with E-state index in [9.17, 15) is 9.59 Å². The van der Waals surface area contributed by atoms with Gasteiger partial charge in [0.25, 0.3) is 5.91 Å². The molecule has 0 spiro atoms. The van der Waals surface area contributed by atoms with Crippen molar-refractivity contribution in [2.24, 2.45) is 0 Å². The quantitative estimate of drug-likeness (QED) is 0.608. The summed E-state index contributed by atoms with van der Waals surface area (Å²) in [5.74, 6) is -0.461. The average Bonchev–Trinajstić information content (AvgIpc) is 3.02. The fraction of sp³-hybridized carbons (Fsp3) is 0.125. The Hall–Kier alpha value is -2.34. The Morgan fingerprint density at radius 1 is 1.23 bits per heavy atom. The third-order valence-electron chi connectivity index (χ3n) is 3.88. The molecule has 2 aliphatic rings. The molecule has 22 heavy (non-hydrogen) atoms. The summed E-state index contributed by atoms with van der Waals surface area (Å²) in [7, 11) is 0. The molecule has 0 saturated carbocycles. The van der Waals surface area contributed by atoms with Gasteiger partial charge in [-0.1, -0.05) is 22.0 Å². The molecule has 6 heteroatoms. The number of hydrogen-bond donors (Lipinski definition) is 2. The number of esters is 1. The Morgan fingerprint density at radius 3 is 2.95 bits per heavy atom. The molecule has 1 aromatic carbocycles. The van der Waals surface area contributed by atoms with Crippen LogP contribution in [0.15, 0.2) is 28.9 Å². The van der Waals surface area contributed by atoms with Crippen molar-refractivity contribution in [1.29, 1.82) is 0 Å².